The number of non-ortho nitro benzene ring substituents is 1. The van der Waals surface area contributed by atoms with E-state index in [9.17, 15) is 19.7 Å². The predicted molar refractivity (Wildman–Crippen MR) is 94.2 cm³/mol. The minimum atomic E-state index is -1.07. The van der Waals surface area contributed by atoms with Crippen LogP contribution in [-0.2, 0) is 9.53 Å². The lowest BCUT2D eigenvalue weighted by Gasteiger charge is -2.28. The molecule has 0 aliphatic heterocycles. The van der Waals surface area contributed by atoms with Crippen LogP contribution in [0.1, 0.15) is 23.8 Å². The second-order valence-electron chi connectivity index (χ2n) is 5.86. The third kappa shape index (κ3) is 4.83. The summed E-state index contributed by atoms with van der Waals surface area (Å²) in [5, 5.41) is 24.4. The van der Waals surface area contributed by atoms with Crippen LogP contribution in [0.3, 0.4) is 0 Å². The van der Waals surface area contributed by atoms with Crippen molar-refractivity contribution in [2.45, 2.75) is 18.9 Å². The number of carbonyl (C=O) groups is 2. The largest absolute Gasteiger partial charge is 0.481 e. The number of rotatable bonds is 8. The fraction of sp³-hybridized carbons (Fsp3) is 0.312. The monoisotopic (exact) mass is 379 g/mol. The molecule has 0 aliphatic carbocycles. The Hall–Kier alpha value is -2.85. The number of benzene rings is 1. The molecule has 2 N–H and O–H groups in total. The van der Waals surface area contributed by atoms with E-state index in [4.69, 9.17) is 9.84 Å². The summed E-state index contributed by atoms with van der Waals surface area (Å²) in [7, 11) is 1.42. The van der Waals surface area contributed by atoms with E-state index in [0.29, 0.717) is 10.6 Å². The van der Waals surface area contributed by atoms with Crippen molar-refractivity contribution in [2.75, 3.05) is 13.7 Å². The quantitative estimate of drug-likeness (QED) is 0.531. The molecule has 1 aromatic carbocycles. The molecule has 0 fully saturated rings. The number of carboxylic acid groups (broad SMARTS) is 1. The summed E-state index contributed by atoms with van der Waals surface area (Å²) >= 11 is 1.21. The lowest BCUT2D eigenvalue weighted by Crippen LogP contribution is -2.50. The van der Waals surface area contributed by atoms with Gasteiger partial charge in [0.05, 0.1) is 23.5 Å². The van der Waals surface area contributed by atoms with E-state index in [2.05, 4.69) is 10.3 Å². The van der Waals surface area contributed by atoms with E-state index in [1.165, 1.54) is 30.6 Å². The normalized spacial score (nSPS) is 13.0. The maximum Gasteiger partial charge on any atom is 0.305 e. The molecule has 2 rings (SSSR count). The molecular formula is C16H17N3O6S. The number of aliphatic carboxylic acids is 1. The molecule has 0 aliphatic rings. The Morgan fingerprint density at radius 3 is 2.58 bits per heavy atom. The standard InChI is InChI=1S/C16H17N3O6S/c1-16(9-25-2,7-13(20)21)18-14(22)12-8-26-15(17-12)10-3-5-11(6-4-10)19(23)24/h3-6,8H,7,9H2,1-2H3,(H,18,22)(H,20,21). The molecule has 1 atom stereocenters. The number of carboxylic acids is 1. The molecule has 0 radical (unpaired) electrons. The highest BCUT2D eigenvalue weighted by Gasteiger charge is 2.30. The highest BCUT2D eigenvalue weighted by atomic mass is 32.1. The van der Waals surface area contributed by atoms with Crippen LogP contribution in [-0.4, -0.2) is 46.1 Å². The van der Waals surface area contributed by atoms with Gasteiger partial charge >= 0.3 is 5.97 Å². The molecule has 10 heteroatoms. The minimum absolute atomic E-state index is 0.0321. The number of nitro benzene ring substituents is 1. The number of thiazole rings is 1. The number of hydrogen-bond donors (Lipinski definition) is 2. The lowest BCUT2D eigenvalue weighted by atomic mass is 9.99. The summed E-state index contributed by atoms with van der Waals surface area (Å²) in [5.41, 5.74) is -0.331. The Balaban J connectivity index is 2.16. The first-order valence-corrected chi connectivity index (χ1v) is 8.35. The van der Waals surface area contributed by atoms with Crippen molar-refractivity contribution >= 4 is 28.9 Å². The van der Waals surface area contributed by atoms with E-state index in [1.54, 1.807) is 24.4 Å². The third-order valence-electron chi connectivity index (χ3n) is 3.48. The maximum absolute atomic E-state index is 12.4. The zero-order chi connectivity index (χ0) is 19.3. The van der Waals surface area contributed by atoms with Crippen molar-refractivity contribution in [1.29, 1.82) is 0 Å². The van der Waals surface area contributed by atoms with Crippen molar-refractivity contribution < 1.29 is 24.4 Å². The summed E-state index contributed by atoms with van der Waals surface area (Å²) in [6.45, 7) is 1.61. The van der Waals surface area contributed by atoms with Crippen LogP contribution in [0.25, 0.3) is 10.6 Å². The molecule has 1 amide bonds. The average Bonchev–Trinajstić information content (AvgIpc) is 3.04. The Morgan fingerprint density at radius 2 is 2.04 bits per heavy atom. The van der Waals surface area contributed by atoms with Gasteiger partial charge < -0.3 is 15.2 Å². The van der Waals surface area contributed by atoms with Crippen molar-refractivity contribution in [2.24, 2.45) is 0 Å². The van der Waals surface area contributed by atoms with E-state index < -0.39 is 22.3 Å². The van der Waals surface area contributed by atoms with Crippen LogP contribution < -0.4 is 5.32 Å². The van der Waals surface area contributed by atoms with E-state index in [1.807, 2.05) is 0 Å². The number of nitrogens with zero attached hydrogens (tertiary/aromatic N) is 2. The van der Waals surface area contributed by atoms with Gasteiger partial charge in [-0.15, -0.1) is 11.3 Å². The fourth-order valence-electron chi connectivity index (χ4n) is 2.36. The van der Waals surface area contributed by atoms with Gasteiger partial charge in [0.2, 0.25) is 0 Å². The summed E-state index contributed by atoms with van der Waals surface area (Å²) in [5.74, 6) is -1.58. The highest BCUT2D eigenvalue weighted by Crippen LogP contribution is 2.26. The number of hydrogen-bond acceptors (Lipinski definition) is 7. The maximum atomic E-state index is 12.4. The van der Waals surface area contributed by atoms with Gasteiger partial charge in [-0.2, -0.15) is 0 Å². The van der Waals surface area contributed by atoms with E-state index in [-0.39, 0.29) is 24.4 Å². The Morgan fingerprint density at radius 1 is 1.38 bits per heavy atom. The number of methoxy groups -OCH3 is 1. The first-order chi connectivity index (χ1) is 12.2. The molecule has 0 bridgehead atoms. The van der Waals surface area contributed by atoms with Gasteiger partial charge in [-0.1, -0.05) is 0 Å². The van der Waals surface area contributed by atoms with Crippen molar-refractivity contribution in [1.82, 2.24) is 10.3 Å². The molecular weight excluding hydrogens is 362 g/mol. The minimum Gasteiger partial charge on any atom is -0.481 e. The van der Waals surface area contributed by atoms with Crippen LogP contribution in [0, 0.1) is 10.1 Å². The average molecular weight is 379 g/mol. The van der Waals surface area contributed by atoms with Crippen molar-refractivity contribution in [3.8, 4) is 10.6 Å². The van der Waals surface area contributed by atoms with Crippen LogP contribution in [0.2, 0.25) is 0 Å². The van der Waals surface area contributed by atoms with Gasteiger partial charge in [0.15, 0.2) is 0 Å². The summed E-state index contributed by atoms with van der Waals surface area (Å²) in [6, 6.07) is 5.83. The number of amides is 1. The molecule has 0 saturated carbocycles. The topological polar surface area (TPSA) is 132 Å². The lowest BCUT2D eigenvalue weighted by molar-refractivity contribution is -0.384. The van der Waals surface area contributed by atoms with Gasteiger partial charge in [-0.25, -0.2) is 4.98 Å². The SMILES string of the molecule is COCC(C)(CC(=O)O)NC(=O)c1csc(-c2ccc([N+](=O)[O-])cc2)n1. The van der Waals surface area contributed by atoms with Gasteiger partial charge in [0, 0.05) is 30.2 Å². The molecule has 1 aromatic heterocycles. The van der Waals surface area contributed by atoms with E-state index >= 15 is 0 Å². The van der Waals surface area contributed by atoms with Crippen LogP contribution >= 0.6 is 11.3 Å². The third-order valence-corrected chi connectivity index (χ3v) is 4.37. The highest BCUT2D eigenvalue weighted by molar-refractivity contribution is 7.13. The number of ether oxygens (including phenoxy) is 1. The van der Waals surface area contributed by atoms with Crippen molar-refractivity contribution in [3.05, 3.63) is 45.5 Å². The smallest absolute Gasteiger partial charge is 0.305 e. The fourth-order valence-corrected chi connectivity index (χ4v) is 3.16. The Labute approximate surface area is 152 Å². The zero-order valence-corrected chi connectivity index (χ0v) is 14.9. The second-order valence-corrected chi connectivity index (χ2v) is 6.72. The van der Waals surface area contributed by atoms with Gasteiger partial charge in [0.25, 0.3) is 11.6 Å². The van der Waals surface area contributed by atoms with Crippen LogP contribution in [0.5, 0.6) is 0 Å². The number of nitro groups is 1. The Kier molecular flexibility index (Phi) is 6.01. The molecule has 138 valence electrons. The van der Waals surface area contributed by atoms with Gasteiger partial charge in [0.1, 0.15) is 10.7 Å². The number of nitrogens with one attached hydrogen (secondary N) is 1. The molecule has 1 unspecified atom stereocenters. The number of carbonyl (C=O) groups excluding carboxylic acids is 1. The molecule has 1 heterocycles. The summed E-state index contributed by atoms with van der Waals surface area (Å²) < 4.78 is 5.00. The zero-order valence-electron chi connectivity index (χ0n) is 14.1. The van der Waals surface area contributed by atoms with E-state index in [0.717, 1.165) is 0 Å². The summed E-state index contributed by atoms with van der Waals surface area (Å²) in [4.78, 5) is 37.8. The van der Waals surface area contributed by atoms with Gasteiger partial charge in [-0.05, 0) is 19.1 Å². The first-order valence-electron chi connectivity index (χ1n) is 7.48. The molecule has 26 heavy (non-hydrogen) atoms. The molecule has 0 spiro atoms. The first kappa shape index (κ1) is 19.5. The van der Waals surface area contributed by atoms with Gasteiger partial charge in [-0.3, -0.25) is 19.7 Å². The second kappa shape index (κ2) is 8.02. The molecule has 0 saturated heterocycles. The Bertz CT molecular complexity index is 820. The van der Waals surface area contributed by atoms with Crippen LogP contribution in [0.15, 0.2) is 29.6 Å². The van der Waals surface area contributed by atoms with Crippen LogP contribution in [0.4, 0.5) is 5.69 Å². The number of aromatic nitrogens is 1. The summed E-state index contributed by atoms with van der Waals surface area (Å²) in [6.07, 6.45) is -0.300. The van der Waals surface area contributed by atoms with Crippen molar-refractivity contribution in [3.63, 3.8) is 0 Å². The molecule has 9 nitrogen and oxygen atoms in total. The predicted octanol–water partition coefficient (Wildman–Crippen LogP) is 2.33. The molecule has 2 aromatic rings.